The third-order valence-corrected chi connectivity index (χ3v) is 3.16. The SMILES string of the molecule is CC(C)C(N)CC(=O)Cc1cccc(F)c1Cl. The Kier molecular flexibility index (Phi) is 5.09. The van der Waals surface area contributed by atoms with Gasteiger partial charge < -0.3 is 5.73 Å². The van der Waals surface area contributed by atoms with Crippen LogP contribution in [0.15, 0.2) is 18.2 Å². The number of ketones is 1. The number of nitrogens with two attached hydrogens (primary N) is 1. The van der Waals surface area contributed by atoms with Crippen molar-refractivity contribution in [3.05, 3.63) is 34.6 Å². The molecular formula is C13H17ClFNO. The lowest BCUT2D eigenvalue weighted by molar-refractivity contribution is -0.118. The van der Waals surface area contributed by atoms with Gasteiger partial charge in [0.2, 0.25) is 0 Å². The lowest BCUT2D eigenvalue weighted by atomic mass is 9.97. The van der Waals surface area contributed by atoms with Crippen molar-refractivity contribution in [2.24, 2.45) is 11.7 Å². The first-order chi connectivity index (χ1) is 7.91. The van der Waals surface area contributed by atoms with Crippen LogP contribution in [-0.4, -0.2) is 11.8 Å². The first-order valence-electron chi connectivity index (χ1n) is 5.62. The van der Waals surface area contributed by atoms with Crippen LogP contribution in [0, 0.1) is 11.7 Å². The molecule has 2 nitrogen and oxygen atoms in total. The summed E-state index contributed by atoms with van der Waals surface area (Å²) >= 11 is 5.78. The molecule has 0 bridgehead atoms. The van der Waals surface area contributed by atoms with Crippen LogP contribution in [0.5, 0.6) is 0 Å². The number of hydrogen-bond acceptors (Lipinski definition) is 2. The summed E-state index contributed by atoms with van der Waals surface area (Å²) < 4.78 is 13.2. The van der Waals surface area contributed by atoms with Crippen molar-refractivity contribution in [1.29, 1.82) is 0 Å². The van der Waals surface area contributed by atoms with Gasteiger partial charge in [-0.05, 0) is 17.5 Å². The summed E-state index contributed by atoms with van der Waals surface area (Å²) in [5.74, 6) is -0.259. The third kappa shape index (κ3) is 4.10. The van der Waals surface area contributed by atoms with E-state index in [4.69, 9.17) is 17.3 Å². The highest BCUT2D eigenvalue weighted by atomic mass is 35.5. The Morgan fingerprint density at radius 3 is 2.71 bits per heavy atom. The minimum Gasteiger partial charge on any atom is -0.327 e. The number of benzene rings is 1. The molecule has 1 atom stereocenters. The standard InChI is InChI=1S/C13H17ClFNO/c1-8(2)12(16)7-10(17)6-9-4-3-5-11(15)13(9)14/h3-5,8,12H,6-7,16H2,1-2H3. The molecule has 0 fully saturated rings. The smallest absolute Gasteiger partial charge is 0.142 e. The van der Waals surface area contributed by atoms with Crippen molar-refractivity contribution in [2.75, 3.05) is 0 Å². The Morgan fingerprint density at radius 2 is 2.12 bits per heavy atom. The Hall–Kier alpha value is -0.930. The van der Waals surface area contributed by atoms with Gasteiger partial charge >= 0.3 is 0 Å². The Bertz CT molecular complexity index is 406. The zero-order chi connectivity index (χ0) is 13.0. The van der Waals surface area contributed by atoms with E-state index in [9.17, 15) is 9.18 Å². The molecule has 0 heterocycles. The maximum atomic E-state index is 13.2. The van der Waals surface area contributed by atoms with Gasteiger partial charge in [-0.25, -0.2) is 4.39 Å². The minimum absolute atomic E-state index is 0.0151. The highest BCUT2D eigenvalue weighted by Crippen LogP contribution is 2.20. The van der Waals surface area contributed by atoms with Crippen LogP contribution in [0.1, 0.15) is 25.8 Å². The number of Topliss-reactive ketones (excluding diaryl/α,β-unsaturated/α-hetero) is 1. The van der Waals surface area contributed by atoms with Gasteiger partial charge in [-0.1, -0.05) is 37.6 Å². The van der Waals surface area contributed by atoms with E-state index in [0.29, 0.717) is 12.0 Å². The molecule has 1 aromatic rings. The molecule has 17 heavy (non-hydrogen) atoms. The predicted molar refractivity (Wildman–Crippen MR) is 67.6 cm³/mol. The van der Waals surface area contributed by atoms with Crippen LogP contribution in [0.25, 0.3) is 0 Å². The highest BCUT2D eigenvalue weighted by Gasteiger charge is 2.15. The molecule has 0 radical (unpaired) electrons. The molecular weight excluding hydrogens is 241 g/mol. The molecule has 0 saturated carbocycles. The van der Waals surface area contributed by atoms with Gasteiger partial charge in [0.1, 0.15) is 11.6 Å². The Balaban J connectivity index is 2.66. The monoisotopic (exact) mass is 257 g/mol. The normalized spacial score (nSPS) is 12.8. The largest absolute Gasteiger partial charge is 0.327 e. The minimum atomic E-state index is -0.495. The van der Waals surface area contributed by atoms with Crippen LogP contribution in [0.3, 0.4) is 0 Å². The first-order valence-corrected chi connectivity index (χ1v) is 5.99. The molecule has 1 unspecified atom stereocenters. The summed E-state index contributed by atoms with van der Waals surface area (Å²) in [7, 11) is 0. The van der Waals surface area contributed by atoms with E-state index in [-0.39, 0.29) is 29.2 Å². The van der Waals surface area contributed by atoms with E-state index in [1.165, 1.54) is 6.07 Å². The zero-order valence-corrected chi connectivity index (χ0v) is 10.8. The van der Waals surface area contributed by atoms with E-state index in [1.807, 2.05) is 13.8 Å². The molecule has 0 aromatic heterocycles. The van der Waals surface area contributed by atoms with E-state index < -0.39 is 5.82 Å². The second-order valence-electron chi connectivity index (χ2n) is 4.54. The third-order valence-electron chi connectivity index (χ3n) is 2.74. The second kappa shape index (κ2) is 6.12. The summed E-state index contributed by atoms with van der Waals surface area (Å²) in [5.41, 5.74) is 6.33. The average Bonchev–Trinajstić information content (AvgIpc) is 2.24. The van der Waals surface area contributed by atoms with Gasteiger partial charge in [0.15, 0.2) is 0 Å². The molecule has 0 spiro atoms. The number of halogens is 2. The van der Waals surface area contributed by atoms with Crippen molar-refractivity contribution >= 4 is 17.4 Å². The van der Waals surface area contributed by atoms with Gasteiger partial charge in [0.25, 0.3) is 0 Å². The molecule has 0 aliphatic heterocycles. The number of rotatable bonds is 5. The van der Waals surface area contributed by atoms with Crippen molar-refractivity contribution in [3.63, 3.8) is 0 Å². The maximum Gasteiger partial charge on any atom is 0.142 e. The fourth-order valence-corrected chi connectivity index (χ4v) is 1.66. The van der Waals surface area contributed by atoms with Crippen molar-refractivity contribution in [1.82, 2.24) is 0 Å². The lowest BCUT2D eigenvalue weighted by Gasteiger charge is -2.14. The topological polar surface area (TPSA) is 43.1 Å². The van der Waals surface area contributed by atoms with Gasteiger partial charge in [-0.2, -0.15) is 0 Å². The van der Waals surface area contributed by atoms with Gasteiger partial charge in [0.05, 0.1) is 5.02 Å². The Morgan fingerprint density at radius 1 is 1.47 bits per heavy atom. The maximum absolute atomic E-state index is 13.2. The fourth-order valence-electron chi connectivity index (χ4n) is 1.47. The summed E-state index contributed by atoms with van der Waals surface area (Å²) in [4.78, 5) is 11.7. The van der Waals surface area contributed by atoms with Gasteiger partial charge in [0, 0.05) is 18.9 Å². The van der Waals surface area contributed by atoms with Crippen LogP contribution in [0.4, 0.5) is 4.39 Å². The molecule has 0 aliphatic rings. The summed E-state index contributed by atoms with van der Waals surface area (Å²) in [6.45, 7) is 3.93. The Labute approximate surface area is 106 Å². The number of hydrogen-bond donors (Lipinski definition) is 1. The molecule has 94 valence electrons. The summed E-state index contributed by atoms with van der Waals surface area (Å²) in [5, 5.41) is 0.0268. The zero-order valence-electron chi connectivity index (χ0n) is 10.0. The van der Waals surface area contributed by atoms with Crippen molar-refractivity contribution in [2.45, 2.75) is 32.7 Å². The lowest BCUT2D eigenvalue weighted by Crippen LogP contribution is -2.29. The van der Waals surface area contributed by atoms with Crippen LogP contribution in [-0.2, 0) is 11.2 Å². The summed E-state index contributed by atoms with van der Waals surface area (Å²) in [6.07, 6.45) is 0.432. The number of carbonyl (C=O) groups excluding carboxylic acids is 1. The number of carbonyl (C=O) groups is 1. The van der Waals surface area contributed by atoms with Crippen LogP contribution >= 0.6 is 11.6 Å². The molecule has 0 amide bonds. The van der Waals surface area contributed by atoms with E-state index in [0.717, 1.165) is 0 Å². The molecule has 0 aliphatic carbocycles. The molecule has 1 rings (SSSR count). The van der Waals surface area contributed by atoms with Crippen molar-refractivity contribution < 1.29 is 9.18 Å². The van der Waals surface area contributed by atoms with E-state index in [1.54, 1.807) is 12.1 Å². The van der Waals surface area contributed by atoms with E-state index >= 15 is 0 Å². The molecule has 0 saturated heterocycles. The van der Waals surface area contributed by atoms with Crippen LogP contribution < -0.4 is 5.73 Å². The first kappa shape index (κ1) is 14.1. The second-order valence-corrected chi connectivity index (χ2v) is 4.92. The molecule has 2 N–H and O–H groups in total. The quantitative estimate of drug-likeness (QED) is 0.881. The van der Waals surface area contributed by atoms with E-state index in [2.05, 4.69) is 0 Å². The predicted octanol–water partition coefficient (Wildman–Crippen LogP) is 2.96. The average molecular weight is 258 g/mol. The summed E-state index contributed by atoms with van der Waals surface area (Å²) in [6, 6.07) is 4.32. The molecule has 1 aromatic carbocycles. The molecule has 4 heteroatoms. The van der Waals surface area contributed by atoms with Gasteiger partial charge in [-0.3, -0.25) is 4.79 Å². The highest BCUT2D eigenvalue weighted by molar-refractivity contribution is 6.31. The van der Waals surface area contributed by atoms with Crippen molar-refractivity contribution in [3.8, 4) is 0 Å². The van der Waals surface area contributed by atoms with Gasteiger partial charge in [-0.15, -0.1) is 0 Å². The fraction of sp³-hybridized carbons (Fsp3) is 0.462. The van der Waals surface area contributed by atoms with Crippen LogP contribution in [0.2, 0.25) is 5.02 Å².